The van der Waals surface area contributed by atoms with Gasteiger partial charge in [0.2, 0.25) is 5.91 Å². The first kappa shape index (κ1) is 27.1. The van der Waals surface area contributed by atoms with Gasteiger partial charge in [-0.15, -0.1) is 0 Å². The summed E-state index contributed by atoms with van der Waals surface area (Å²) in [4.78, 5) is 40.9. The summed E-state index contributed by atoms with van der Waals surface area (Å²) in [6.07, 6.45) is 1.06. The Bertz CT molecular complexity index is 1080. The van der Waals surface area contributed by atoms with Crippen molar-refractivity contribution in [3.8, 4) is 11.8 Å². The minimum absolute atomic E-state index is 0.131. The van der Waals surface area contributed by atoms with Gasteiger partial charge in [0.05, 0.1) is 6.61 Å². The van der Waals surface area contributed by atoms with Crippen molar-refractivity contribution in [2.45, 2.75) is 25.9 Å². The molecule has 8 nitrogen and oxygen atoms in total. The minimum atomic E-state index is -1.38. The van der Waals surface area contributed by atoms with Gasteiger partial charge in [-0.25, -0.2) is 0 Å². The molecule has 1 heterocycles. The zero-order valence-corrected chi connectivity index (χ0v) is 20.8. The number of carbonyl (C=O) groups is 3. The quantitative estimate of drug-likeness (QED) is 0.428. The third-order valence-electron chi connectivity index (χ3n) is 6.03. The van der Waals surface area contributed by atoms with Crippen molar-refractivity contribution in [3.63, 3.8) is 0 Å². The lowest BCUT2D eigenvalue weighted by atomic mass is 10.1. The van der Waals surface area contributed by atoms with Crippen molar-refractivity contribution >= 4 is 17.6 Å². The lowest BCUT2D eigenvalue weighted by molar-refractivity contribution is -0.136. The monoisotopic (exact) mass is 491 g/mol. The first-order valence-electron chi connectivity index (χ1n) is 12.1. The summed E-state index contributed by atoms with van der Waals surface area (Å²) in [6.45, 7) is 5.46. The van der Waals surface area contributed by atoms with Crippen molar-refractivity contribution < 1.29 is 24.2 Å². The maximum absolute atomic E-state index is 13.0. The normalized spacial score (nSPS) is 14.6. The average Bonchev–Trinajstić information content (AvgIpc) is 3.19. The number of carbonyl (C=O) groups excluding carboxylic acids is 3. The van der Waals surface area contributed by atoms with E-state index >= 15 is 0 Å². The minimum Gasteiger partial charge on any atom is -0.388 e. The van der Waals surface area contributed by atoms with E-state index in [-0.39, 0.29) is 6.54 Å². The average molecular weight is 492 g/mol. The Kier molecular flexibility index (Phi) is 10.2. The van der Waals surface area contributed by atoms with Crippen LogP contribution in [-0.4, -0.2) is 85.0 Å². The first-order chi connectivity index (χ1) is 17.5. The Morgan fingerprint density at radius 3 is 2.25 bits per heavy atom. The van der Waals surface area contributed by atoms with Gasteiger partial charge >= 0.3 is 0 Å². The van der Waals surface area contributed by atoms with Crippen LogP contribution in [0.5, 0.6) is 0 Å². The molecular formula is C28H33N3O5. The number of benzene rings is 2. The second-order valence-corrected chi connectivity index (χ2v) is 8.50. The predicted octanol–water partition coefficient (Wildman–Crippen LogP) is 1.45. The molecule has 1 atom stereocenters. The summed E-state index contributed by atoms with van der Waals surface area (Å²) in [7, 11) is 1.38. The number of rotatable bonds is 8. The summed E-state index contributed by atoms with van der Waals surface area (Å²) < 4.78 is 5.51. The number of nitrogens with zero attached hydrogens (tertiary/aromatic N) is 2. The fourth-order valence-electron chi connectivity index (χ4n) is 4.04. The molecule has 0 aromatic heterocycles. The summed E-state index contributed by atoms with van der Waals surface area (Å²) in [5.74, 6) is 4.40. The van der Waals surface area contributed by atoms with E-state index in [4.69, 9.17) is 4.74 Å². The molecule has 1 aliphatic heterocycles. The standard InChI is InChI=1S/C28H33N3O5/c1-3-31(26(25(33)20-32)27(34)29-2)28(35)24-13-11-22(12-14-24)6-5-21-7-9-23(10-8-21)19-30-15-4-17-36-18-16-30/h7-14,26,32H,3-4,15-20H2,1-2H3,(H,29,34). The van der Waals surface area contributed by atoms with Crippen molar-refractivity contribution in [3.05, 3.63) is 70.8 Å². The predicted molar refractivity (Wildman–Crippen MR) is 136 cm³/mol. The molecule has 1 unspecified atom stereocenters. The topological polar surface area (TPSA) is 99.2 Å². The Labute approximate surface area is 212 Å². The summed E-state index contributed by atoms with van der Waals surface area (Å²) in [5.41, 5.74) is 3.19. The molecule has 0 saturated carbocycles. The van der Waals surface area contributed by atoms with Crippen LogP contribution < -0.4 is 5.32 Å². The molecule has 0 bridgehead atoms. The van der Waals surface area contributed by atoms with E-state index in [1.807, 2.05) is 12.1 Å². The van der Waals surface area contributed by atoms with Crippen LogP contribution in [-0.2, 0) is 20.9 Å². The van der Waals surface area contributed by atoms with Crippen LogP contribution in [0.3, 0.4) is 0 Å². The van der Waals surface area contributed by atoms with Crippen LogP contribution in [0, 0.1) is 11.8 Å². The third-order valence-corrected chi connectivity index (χ3v) is 6.03. The Balaban J connectivity index is 1.66. The number of aliphatic hydroxyl groups is 1. The second-order valence-electron chi connectivity index (χ2n) is 8.50. The number of aliphatic hydroxyl groups excluding tert-OH is 1. The number of hydrogen-bond donors (Lipinski definition) is 2. The largest absolute Gasteiger partial charge is 0.388 e. The second kappa shape index (κ2) is 13.5. The van der Waals surface area contributed by atoms with E-state index in [0.717, 1.165) is 55.3 Å². The molecule has 2 amide bonds. The van der Waals surface area contributed by atoms with Crippen molar-refractivity contribution in [1.29, 1.82) is 0 Å². The zero-order valence-electron chi connectivity index (χ0n) is 20.8. The van der Waals surface area contributed by atoms with Crippen molar-refractivity contribution in [2.75, 3.05) is 46.5 Å². The Morgan fingerprint density at radius 1 is 1.03 bits per heavy atom. The van der Waals surface area contributed by atoms with Gasteiger partial charge in [0.25, 0.3) is 5.91 Å². The molecule has 190 valence electrons. The molecular weight excluding hydrogens is 458 g/mol. The van der Waals surface area contributed by atoms with Crippen LogP contribution in [0.2, 0.25) is 0 Å². The highest BCUT2D eigenvalue weighted by molar-refractivity contribution is 6.10. The van der Waals surface area contributed by atoms with Gasteiger partial charge in [-0.05, 0) is 55.3 Å². The number of likely N-dealkylation sites (N-methyl/N-ethyl adjacent to an activating group) is 2. The first-order valence-corrected chi connectivity index (χ1v) is 12.1. The molecule has 0 radical (unpaired) electrons. The van der Waals surface area contributed by atoms with Gasteiger partial charge in [0.15, 0.2) is 11.8 Å². The molecule has 0 spiro atoms. The van der Waals surface area contributed by atoms with Gasteiger partial charge < -0.3 is 20.1 Å². The number of amides is 2. The van der Waals surface area contributed by atoms with Crippen LogP contribution in [0.4, 0.5) is 0 Å². The number of hydrogen-bond acceptors (Lipinski definition) is 6. The lowest BCUT2D eigenvalue weighted by Crippen LogP contribution is -2.54. The highest BCUT2D eigenvalue weighted by Crippen LogP contribution is 2.13. The van der Waals surface area contributed by atoms with Gasteiger partial charge in [-0.2, -0.15) is 0 Å². The maximum Gasteiger partial charge on any atom is 0.254 e. The number of ether oxygens (including phenoxy) is 1. The van der Waals surface area contributed by atoms with Gasteiger partial charge in [-0.3, -0.25) is 19.3 Å². The smallest absolute Gasteiger partial charge is 0.254 e. The molecule has 0 aliphatic carbocycles. The van der Waals surface area contributed by atoms with E-state index in [2.05, 4.69) is 34.2 Å². The molecule has 1 saturated heterocycles. The fourth-order valence-corrected chi connectivity index (χ4v) is 4.04. The molecule has 3 rings (SSSR count). The molecule has 1 aliphatic rings. The van der Waals surface area contributed by atoms with Crippen molar-refractivity contribution in [1.82, 2.24) is 15.1 Å². The molecule has 8 heteroatoms. The third kappa shape index (κ3) is 7.25. The Morgan fingerprint density at radius 2 is 1.67 bits per heavy atom. The highest BCUT2D eigenvalue weighted by Gasteiger charge is 2.34. The SMILES string of the molecule is CCN(C(=O)c1ccc(C#Cc2ccc(CN3CCCOCC3)cc2)cc1)C(C(=O)CO)C(=O)NC. The van der Waals surface area contributed by atoms with Crippen LogP contribution in [0.25, 0.3) is 0 Å². The van der Waals surface area contributed by atoms with Gasteiger partial charge in [0, 0.05) is 56.5 Å². The molecule has 36 heavy (non-hydrogen) atoms. The number of nitrogens with one attached hydrogen (secondary N) is 1. The van der Waals surface area contributed by atoms with Crippen LogP contribution in [0.15, 0.2) is 48.5 Å². The Hall–Kier alpha value is -3.51. The summed E-state index contributed by atoms with van der Waals surface area (Å²) in [6, 6.07) is 13.5. The van der Waals surface area contributed by atoms with E-state index in [0.29, 0.717) is 5.56 Å². The number of Topliss-reactive ketones (excluding diaryl/α,β-unsaturated/α-hetero) is 1. The summed E-state index contributed by atoms with van der Waals surface area (Å²) >= 11 is 0. The lowest BCUT2D eigenvalue weighted by Gasteiger charge is -2.28. The summed E-state index contributed by atoms with van der Waals surface area (Å²) in [5, 5.41) is 11.6. The van der Waals surface area contributed by atoms with Gasteiger partial charge in [-0.1, -0.05) is 24.0 Å². The number of ketones is 1. The van der Waals surface area contributed by atoms with Gasteiger partial charge in [0.1, 0.15) is 6.61 Å². The van der Waals surface area contributed by atoms with E-state index in [1.165, 1.54) is 12.6 Å². The highest BCUT2D eigenvalue weighted by atomic mass is 16.5. The van der Waals surface area contributed by atoms with E-state index in [9.17, 15) is 19.5 Å². The van der Waals surface area contributed by atoms with E-state index in [1.54, 1.807) is 31.2 Å². The zero-order chi connectivity index (χ0) is 25.9. The maximum atomic E-state index is 13.0. The molecule has 2 aromatic rings. The van der Waals surface area contributed by atoms with Crippen LogP contribution in [0.1, 0.15) is 40.4 Å². The van der Waals surface area contributed by atoms with Crippen LogP contribution >= 0.6 is 0 Å². The molecule has 1 fully saturated rings. The molecule has 2 aromatic carbocycles. The fraction of sp³-hybridized carbons (Fsp3) is 0.393. The molecule has 2 N–H and O–H groups in total. The van der Waals surface area contributed by atoms with E-state index < -0.39 is 30.2 Å². The van der Waals surface area contributed by atoms with Crippen molar-refractivity contribution in [2.24, 2.45) is 0 Å².